The summed E-state index contributed by atoms with van der Waals surface area (Å²) >= 11 is 1.63. The van der Waals surface area contributed by atoms with E-state index in [0.29, 0.717) is 6.54 Å². The first-order chi connectivity index (χ1) is 8.59. The van der Waals surface area contributed by atoms with Crippen LogP contribution >= 0.6 is 11.3 Å². The first-order valence-corrected chi connectivity index (χ1v) is 6.73. The molecule has 1 unspecified atom stereocenters. The third-order valence-corrected chi connectivity index (χ3v) is 3.90. The maximum Gasteiger partial charge on any atom is 0.130 e. The van der Waals surface area contributed by atoms with E-state index >= 15 is 0 Å². The summed E-state index contributed by atoms with van der Waals surface area (Å²) in [7, 11) is 0. The Balaban J connectivity index is 2.08. The molecule has 18 heavy (non-hydrogen) atoms. The van der Waals surface area contributed by atoms with Crippen molar-refractivity contribution in [3.05, 3.63) is 57.3 Å². The minimum atomic E-state index is -0.503. The summed E-state index contributed by atoms with van der Waals surface area (Å²) in [5, 5.41) is 7.26. The lowest BCUT2D eigenvalue weighted by Crippen LogP contribution is -2.20. The lowest BCUT2D eigenvalue weighted by molar-refractivity contribution is 0.487. The fraction of sp³-hybridized carbons (Fsp3) is 0.286. The van der Waals surface area contributed by atoms with Crippen molar-refractivity contribution in [3.8, 4) is 0 Å². The normalized spacial score (nSPS) is 12.7. The van der Waals surface area contributed by atoms with Crippen molar-refractivity contribution in [2.75, 3.05) is 0 Å². The molecule has 0 spiro atoms. The molecule has 1 atom stereocenters. The Labute approximate surface area is 109 Å². The van der Waals surface area contributed by atoms with E-state index in [9.17, 15) is 8.78 Å². The topological polar surface area (TPSA) is 12.0 Å². The van der Waals surface area contributed by atoms with Crippen LogP contribution in [0, 0.1) is 18.6 Å². The van der Waals surface area contributed by atoms with Crippen molar-refractivity contribution in [2.24, 2.45) is 0 Å². The van der Waals surface area contributed by atoms with Gasteiger partial charge in [-0.2, -0.15) is 11.3 Å². The second-order valence-electron chi connectivity index (χ2n) is 4.32. The van der Waals surface area contributed by atoms with Crippen LogP contribution in [0.3, 0.4) is 0 Å². The maximum absolute atomic E-state index is 13.6. The quantitative estimate of drug-likeness (QED) is 0.876. The van der Waals surface area contributed by atoms with Crippen LogP contribution in [0.15, 0.2) is 29.0 Å². The van der Waals surface area contributed by atoms with E-state index in [4.69, 9.17) is 0 Å². The molecule has 0 aliphatic rings. The molecule has 0 radical (unpaired) electrons. The predicted molar refractivity (Wildman–Crippen MR) is 70.7 cm³/mol. The van der Waals surface area contributed by atoms with Gasteiger partial charge in [0.25, 0.3) is 0 Å². The highest BCUT2D eigenvalue weighted by Crippen LogP contribution is 2.21. The third-order valence-electron chi connectivity index (χ3n) is 2.99. The summed E-state index contributed by atoms with van der Waals surface area (Å²) < 4.78 is 27.1. The molecule has 0 aliphatic carbocycles. The monoisotopic (exact) mass is 267 g/mol. The zero-order chi connectivity index (χ0) is 13.1. The molecule has 0 aliphatic heterocycles. The predicted octanol–water partition coefficient (Wildman–Crippen LogP) is 4.19. The summed E-state index contributed by atoms with van der Waals surface area (Å²) in [6, 6.07) is 3.59. The van der Waals surface area contributed by atoms with E-state index in [0.717, 1.165) is 0 Å². The Morgan fingerprint density at radius 3 is 2.44 bits per heavy atom. The van der Waals surface area contributed by atoms with E-state index in [1.54, 1.807) is 18.3 Å². The molecule has 2 aromatic rings. The second-order valence-corrected chi connectivity index (χ2v) is 5.06. The molecule has 1 aromatic carbocycles. The van der Waals surface area contributed by atoms with Gasteiger partial charge in [0.2, 0.25) is 0 Å². The fourth-order valence-corrected chi connectivity index (χ4v) is 2.71. The Morgan fingerprint density at radius 2 is 1.89 bits per heavy atom. The molecule has 2 rings (SSSR count). The van der Waals surface area contributed by atoms with Gasteiger partial charge in [-0.1, -0.05) is 6.07 Å². The minimum Gasteiger partial charge on any atom is -0.306 e. The molecule has 0 saturated carbocycles. The lowest BCUT2D eigenvalue weighted by atomic mass is 10.1. The second kappa shape index (κ2) is 5.59. The molecular formula is C14H15F2NS. The van der Waals surface area contributed by atoms with Gasteiger partial charge in [0, 0.05) is 18.2 Å². The Kier molecular flexibility index (Phi) is 4.09. The van der Waals surface area contributed by atoms with Gasteiger partial charge in [0.15, 0.2) is 0 Å². The highest BCUT2D eigenvalue weighted by atomic mass is 32.1. The average molecular weight is 267 g/mol. The average Bonchev–Trinajstić information content (AvgIpc) is 2.72. The maximum atomic E-state index is 13.6. The number of aryl methyl sites for hydroxylation is 1. The number of hydrogen-bond acceptors (Lipinski definition) is 2. The largest absolute Gasteiger partial charge is 0.306 e. The molecule has 1 heterocycles. The number of hydrogen-bond donors (Lipinski definition) is 1. The van der Waals surface area contributed by atoms with Crippen LogP contribution in [-0.2, 0) is 6.54 Å². The van der Waals surface area contributed by atoms with Crippen molar-refractivity contribution in [1.29, 1.82) is 0 Å². The van der Waals surface area contributed by atoms with Crippen molar-refractivity contribution < 1.29 is 8.78 Å². The van der Waals surface area contributed by atoms with E-state index in [2.05, 4.69) is 10.7 Å². The summed E-state index contributed by atoms with van der Waals surface area (Å²) in [5.41, 5.74) is 2.47. The van der Waals surface area contributed by atoms with Gasteiger partial charge in [-0.25, -0.2) is 8.78 Å². The van der Waals surface area contributed by atoms with Crippen LogP contribution < -0.4 is 5.32 Å². The third kappa shape index (κ3) is 2.76. The molecule has 96 valence electrons. The van der Waals surface area contributed by atoms with E-state index < -0.39 is 11.6 Å². The number of nitrogens with one attached hydrogen (secondary N) is 1. The van der Waals surface area contributed by atoms with Gasteiger partial charge in [-0.15, -0.1) is 0 Å². The highest BCUT2D eigenvalue weighted by molar-refractivity contribution is 7.08. The summed E-state index contributed by atoms with van der Waals surface area (Å²) in [6.07, 6.45) is 0. The van der Waals surface area contributed by atoms with Crippen LogP contribution in [0.5, 0.6) is 0 Å². The van der Waals surface area contributed by atoms with E-state index in [1.807, 2.05) is 12.3 Å². The zero-order valence-electron chi connectivity index (χ0n) is 10.3. The van der Waals surface area contributed by atoms with Gasteiger partial charge in [0.05, 0.1) is 0 Å². The Bertz CT molecular complexity index is 516. The first kappa shape index (κ1) is 13.2. The standard InChI is InChI=1S/C14H15F2NS/c1-9-7-18-8-11(9)6-17-10(2)14-12(15)4-3-5-13(14)16/h3-5,7-8,10,17H,6H2,1-2H3. The van der Waals surface area contributed by atoms with Crippen molar-refractivity contribution in [1.82, 2.24) is 5.32 Å². The molecule has 1 nitrogen and oxygen atoms in total. The van der Waals surface area contributed by atoms with Crippen LogP contribution in [0.1, 0.15) is 29.7 Å². The van der Waals surface area contributed by atoms with Crippen LogP contribution in [0.4, 0.5) is 8.78 Å². The van der Waals surface area contributed by atoms with Crippen molar-refractivity contribution in [3.63, 3.8) is 0 Å². The van der Waals surface area contributed by atoms with Crippen molar-refractivity contribution in [2.45, 2.75) is 26.4 Å². The minimum absolute atomic E-state index is 0.102. The van der Waals surface area contributed by atoms with Crippen LogP contribution in [0.25, 0.3) is 0 Å². The number of benzene rings is 1. The lowest BCUT2D eigenvalue weighted by Gasteiger charge is -2.15. The first-order valence-electron chi connectivity index (χ1n) is 5.78. The Hall–Kier alpha value is -1.26. The van der Waals surface area contributed by atoms with Gasteiger partial charge in [-0.3, -0.25) is 0 Å². The molecule has 1 aromatic heterocycles. The van der Waals surface area contributed by atoms with Gasteiger partial charge < -0.3 is 5.32 Å². The molecule has 0 amide bonds. The molecule has 4 heteroatoms. The van der Waals surface area contributed by atoms with E-state index in [1.165, 1.54) is 29.3 Å². The number of rotatable bonds is 4. The SMILES string of the molecule is Cc1cscc1CNC(C)c1c(F)cccc1F. The smallest absolute Gasteiger partial charge is 0.130 e. The summed E-state index contributed by atoms with van der Waals surface area (Å²) in [4.78, 5) is 0. The van der Waals surface area contributed by atoms with Crippen molar-refractivity contribution >= 4 is 11.3 Å². The molecular weight excluding hydrogens is 252 g/mol. The molecule has 1 N–H and O–H groups in total. The molecule has 0 fully saturated rings. The number of halogens is 2. The number of thiophene rings is 1. The summed E-state index contributed by atoms with van der Waals surface area (Å²) in [5.74, 6) is -1.01. The highest BCUT2D eigenvalue weighted by Gasteiger charge is 2.15. The van der Waals surface area contributed by atoms with Crippen LogP contribution in [0.2, 0.25) is 0 Å². The molecule has 0 saturated heterocycles. The van der Waals surface area contributed by atoms with Gasteiger partial charge in [0.1, 0.15) is 11.6 Å². The van der Waals surface area contributed by atoms with Gasteiger partial charge >= 0.3 is 0 Å². The Morgan fingerprint density at radius 1 is 1.22 bits per heavy atom. The zero-order valence-corrected chi connectivity index (χ0v) is 11.2. The molecule has 0 bridgehead atoms. The summed E-state index contributed by atoms with van der Waals surface area (Å²) in [6.45, 7) is 4.41. The van der Waals surface area contributed by atoms with Crippen LogP contribution in [-0.4, -0.2) is 0 Å². The van der Waals surface area contributed by atoms with Gasteiger partial charge in [-0.05, 0) is 47.9 Å². The fourth-order valence-electron chi connectivity index (χ4n) is 1.86. The van der Waals surface area contributed by atoms with E-state index in [-0.39, 0.29) is 11.6 Å².